The summed E-state index contributed by atoms with van der Waals surface area (Å²) in [5.41, 5.74) is 2.91. The fourth-order valence-corrected chi connectivity index (χ4v) is 7.90. The zero-order valence-corrected chi connectivity index (χ0v) is 22.6. The van der Waals surface area contributed by atoms with Crippen molar-refractivity contribution < 1.29 is 18.0 Å². The van der Waals surface area contributed by atoms with Crippen LogP contribution in [0.4, 0.5) is 5.69 Å². The number of benzene rings is 1. The first kappa shape index (κ1) is 25.9. The normalized spacial score (nSPS) is 19.1. The van der Waals surface area contributed by atoms with E-state index in [2.05, 4.69) is 27.4 Å². The lowest BCUT2D eigenvalue weighted by atomic mass is 10.0. The molecule has 1 aromatic carbocycles. The Morgan fingerprint density at radius 2 is 2.05 bits per heavy atom. The summed E-state index contributed by atoms with van der Waals surface area (Å²) >= 11 is 1.17. The van der Waals surface area contributed by atoms with Crippen molar-refractivity contribution in [1.82, 2.24) is 19.5 Å². The monoisotopic (exact) mass is 543 g/mol. The Balaban J connectivity index is 1.38. The van der Waals surface area contributed by atoms with E-state index in [0.29, 0.717) is 37.4 Å². The van der Waals surface area contributed by atoms with Crippen molar-refractivity contribution in [2.75, 3.05) is 38.0 Å². The molecule has 1 fully saturated rings. The van der Waals surface area contributed by atoms with Gasteiger partial charge in [0.05, 0.1) is 0 Å². The van der Waals surface area contributed by atoms with Crippen LogP contribution in [0, 0.1) is 0 Å². The third-order valence-corrected chi connectivity index (χ3v) is 10.4. The van der Waals surface area contributed by atoms with Crippen molar-refractivity contribution >= 4 is 49.8 Å². The highest BCUT2D eigenvalue weighted by Gasteiger charge is 2.40. The number of nitrogens with zero attached hydrogens (tertiary/aromatic N) is 2. The van der Waals surface area contributed by atoms with Gasteiger partial charge in [-0.2, -0.15) is 4.31 Å². The van der Waals surface area contributed by atoms with Crippen molar-refractivity contribution in [3.63, 3.8) is 0 Å². The van der Waals surface area contributed by atoms with Crippen LogP contribution in [-0.4, -0.2) is 73.2 Å². The molecule has 0 radical (unpaired) electrons. The number of aromatic amines is 1. The lowest BCUT2D eigenvalue weighted by Gasteiger charge is -2.39. The van der Waals surface area contributed by atoms with Crippen molar-refractivity contribution in [1.29, 1.82) is 0 Å². The molecule has 0 saturated carbocycles. The average Bonchev–Trinajstić information content (AvgIpc) is 3.56. The largest absolute Gasteiger partial charge is 0.350 e. The Morgan fingerprint density at radius 1 is 1.19 bits per heavy atom. The zero-order chi connectivity index (χ0) is 26.0. The summed E-state index contributed by atoms with van der Waals surface area (Å²) < 4.78 is 28.5. The van der Waals surface area contributed by atoms with Gasteiger partial charge >= 0.3 is 0 Å². The molecule has 1 unspecified atom stereocenters. The van der Waals surface area contributed by atoms with E-state index >= 15 is 0 Å². The van der Waals surface area contributed by atoms with Gasteiger partial charge in [-0.3, -0.25) is 14.5 Å². The molecule has 198 valence electrons. The first-order valence-corrected chi connectivity index (χ1v) is 15.2. The molecule has 2 amide bonds. The van der Waals surface area contributed by atoms with Crippen LogP contribution in [0.25, 0.3) is 10.9 Å². The van der Waals surface area contributed by atoms with Gasteiger partial charge in [-0.15, -0.1) is 11.3 Å². The second-order valence-electron chi connectivity index (χ2n) is 9.66. The van der Waals surface area contributed by atoms with Crippen molar-refractivity contribution in [2.45, 2.75) is 49.3 Å². The fraction of sp³-hybridized carbons (Fsp3) is 0.462. The van der Waals surface area contributed by atoms with Crippen LogP contribution in [0.5, 0.6) is 0 Å². The van der Waals surface area contributed by atoms with Gasteiger partial charge in [0.1, 0.15) is 15.9 Å². The van der Waals surface area contributed by atoms with Gasteiger partial charge in [0.2, 0.25) is 5.91 Å². The molecule has 3 aromatic rings. The highest BCUT2D eigenvalue weighted by atomic mass is 32.2. The number of hydrogen-bond donors (Lipinski definition) is 3. The van der Waals surface area contributed by atoms with Crippen molar-refractivity contribution in [3.8, 4) is 0 Å². The Labute approximate surface area is 221 Å². The maximum atomic E-state index is 13.6. The molecule has 1 atom stereocenters. The number of H-pyrrole nitrogens is 1. The number of unbranched alkanes of at least 4 members (excludes halogenated alkanes) is 3. The van der Waals surface area contributed by atoms with Gasteiger partial charge < -0.3 is 15.6 Å². The molecule has 0 bridgehead atoms. The van der Waals surface area contributed by atoms with Crippen LogP contribution in [-0.2, 0) is 21.2 Å². The van der Waals surface area contributed by atoms with E-state index < -0.39 is 16.1 Å². The van der Waals surface area contributed by atoms with E-state index in [1.54, 1.807) is 23.6 Å². The molecule has 3 N–H and O–H groups in total. The molecule has 5 rings (SSSR count). The van der Waals surface area contributed by atoms with E-state index in [-0.39, 0.29) is 22.6 Å². The highest BCUT2D eigenvalue weighted by molar-refractivity contribution is 7.91. The molecule has 0 spiro atoms. The zero-order valence-electron chi connectivity index (χ0n) is 21.0. The van der Waals surface area contributed by atoms with Gasteiger partial charge in [-0.05, 0) is 54.6 Å². The smallest absolute Gasteiger partial charge is 0.268 e. The second kappa shape index (κ2) is 10.9. The molecular formula is C26H33N5O4S2. The summed E-state index contributed by atoms with van der Waals surface area (Å²) in [7, 11) is -3.79. The van der Waals surface area contributed by atoms with Crippen LogP contribution >= 0.6 is 11.3 Å². The van der Waals surface area contributed by atoms with Gasteiger partial charge in [0, 0.05) is 42.8 Å². The first-order valence-electron chi connectivity index (χ1n) is 12.9. The molecule has 2 aliphatic heterocycles. The molecule has 4 heterocycles. The number of carbonyl (C=O) groups is 2. The number of amides is 2. The predicted molar refractivity (Wildman–Crippen MR) is 146 cm³/mol. The number of rotatable bonds is 9. The molecule has 2 aliphatic rings. The number of nitrogens with one attached hydrogen (secondary N) is 3. The number of hydrogen-bond acceptors (Lipinski definition) is 6. The lowest BCUT2D eigenvalue weighted by molar-refractivity contribution is -0.121. The number of fused-ring (bicyclic) bond motifs is 3. The summed E-state index contributed by atoms with van der Waals surface area (Å²) in [6.07, 6.45) is 5.19. The SMILES string of the molecule is CCCCCCN1CCN(S(=O)(=O)c2cccs2)C(C(=O)Nc2ccc3[nH]c4c(c3c2)CCNC4=O)C1. The van der Waals surface area contributed by atoms with Gasteiger partial charge in [0.15, 0.2) is 0 Å². The van der Waals surface area contributed by atoms with Crippen LogP contribution in [0.2, 0.25) is 0 Å². The van der Waals surface area contributed by atoms with E-state index in [0.717, 1.165) is 42.3 Å². The summed E-state index contributed by atoms with van der Waals surface area (Å²) in [6.45, 7) is 4.81. The molecule has 9 nitrogen and oxygen atoms in total. The number of piperazine rings is 1. The maximum absolute atomic E-state index is 13.6. The quantitative estimate of drug-likeness (QED) is 0.358. The molecule has 1 saturated heterocycles. The standard InChI is InChI=1S/C26H33N5O4S2/c1-2-3-4-5-12-30-13-14-31(37(34,35)23-7-6-15-36-23)22(17-30)25(32)28-18-8-9-21-20(16-18)19-10-11-27-26(33)24(19)29-21/h6-9,15-16,22,29H,2-5,10-14,17H2,1H3,(H,27,33)(H,28,32). The molecule has 11 heteroatoms. The lowest BCUT2D eigenvalue weighted by Crippen LogP contribution is -2.59. The summed E-state index contributed by atoms with van der Waals surface area (Å²) in [6, 6.07) is 7.95. The molecule has 37 heavy (non-hydrogen) atoms. The first-order chi connectivity index (χ1) is 17.9. The minimum Gasteiger partial charge on any atom is -0.350 e. The second-order valence-corrected chi connectivity index (χ2v) is 12.7. The fourth-order valence-electron chi connectivity index (χ4n) is 5.21. The van der Waals surface area contributed by atoms with E-state index in [1.807, 2.05) is 12.1 Å². The Morgan fingerprint density at radius 3 is 2.84 bits per heavy atom. The number of aromatic nitrogens is 1. The minimum absolute atomic E-state index is 0.126. The van der Waals surface area contributed by atoms with E-state index in [9.17, 15) is 18.0 Å². The van der Waals surface area contributed by atoms with Crippen LogP contribution in [0.1, 0.15) is 48.7 Å². The van der Waals surface area contributed by atoms with E-state index in [1.165, 1.54) is 22.1 Å². The van der Waals surface area contributed by atoms with Crippen molar-refractivity contribution in [2.24, 2.45) is 0 Å². The average molecular weight is 544 g/mol. The maximum Gasteiger partial charge on any atom is 0.268 e. The van der Waals surface area contributed by atoms with Crippen LogP contribution in [0.3, 0.4) is 0 Å². The third-order valence-electron chi connectivity index (χ3n) is 7.17. The van der Waals surface area contributed by atoms with Gasteiger partial charge in [0.25, 0.3) is 15.9 Å². The number of anilines is 1. The summed E-state index contributed by atoms with van der Waals surface area (Å²) in [5, 5.41) is 8.44. The minimum atomic E-state index is -3.79. The van der Waals surface area contributed by atoms with Crippen LogP contribution < -0.4 is 10.6 Å². The number of sulfonamides is 1. The van der Waals surface area contributed by atoms with Crippen molar-refractivity contribution in [3.05, 3.63) is 47.0 Å². The number of carbonyl (C=O) groups excluding carboxylic acids is 2. The Kier molecular flexibility index (Phi) is 7.66. The molecule has 2 aromatic heterocycles. The van der Waals surface area contributed by atoms with Gasteiger partial charge in [-0.25, -0.2) is 8.42 Å². The molecular weight excluding hydrogens is 510 g/mol. The number of thiophene rings is 1. The van der Waals surface area contributed by atoms with Crippen LogP contribution in [0.15, 0.2) is 39.9 Å². The summed E-state index contributed by atoms with van der Waals surface area (Å²) in [4.78, 5) is 31.2. The topological polar surface area (TPSA) is 115 Å². The van der Waals surface area contributed by atoms with Gasteiger partial charge in [-0.1, -0.05) is 32.3 Å². The Hall–Kier alpha value is -2.73. The summed E-state index contributed by atoms with van der Waals surface area (Å²) in [5.74, 6) is -0.474. The van der Waals surface area contributed by atoms with E-state index in [4.69, 9.17) is 0 Å². The highest BCUT2D eigenvalue weighted by Crippen LogP contribution is 2.29. The Bertz CT molecular complexity index is 1380. The molecule has 0 aliphatic carbocycles. The third kappa shape index (κ3) is 5.31. The predicted octanol–water partition coefficient (Wildman–Crippen LogP) is 3.41.